The summed E-state index contributed by atoms with van der Waals surface area (Å²) < 4.78 is 5.03. The van der Waals surface area contributed by atoms with Gasteiger partial charge in [-0.3, -0.25) is 9.59 Å². The minimum atomic E-state index is -0.363. The van der Waals surface area contributed by atoms with Gasteiger partial charge in [-0.25, -0.2) is 0 Å². The lowest BCUT2D eigenvalue weighted by Crippen LogP contribution is -2.18. The van der Waals surface area contributed by atoms with Gasteiger partial charge in [0.15, 0.2) is 0 Å². The van der Waals surface area contributed by atoms with Gasteiger partial charge in [-0.15, -0.1) is 6.58 Å². The van der Waals surface area contributed by atoms with Gasteiger partial charge in [0.1, 0.15) is 0 Å². The maximum atomic E-state index is 10.9. The number of nitrogens with zero attached hydrogens (tertiary/aromatic N) is 1. The molecule has 0 aromatic carbocycles. The van der Waals surface area contributed by atoms with Gasteiger partial charge in [-0.1, -0.05) is 6.08 Å². The lowest BCUT2D eigenvalue weighted by molar-refractivity contribution is -0.126. The fraction of sp³-hybridized carbons (Fsp3) is 0.500. The van der Waals surface area contributed by atoms with Crippen LogP contribution >= 0.6 is 0 Å². The van der Waals surface area contributed by atoms with Crippen molar-refractivity contribution in [3.63, 3.8) is 0 Å². The molecule has 0 aromatic heterocycles. The van der Waals surface area contributed by atoms with Crippen molar-refractivity contribution in [3.05, 3.63) is 12.7 Å². The molecule has 1 rings (SSSR count). The van der Waals surface area contributed by atoms with E-state index in [0.29, 0.717) is 6.61 Å². The van der Waals surface area contributed by atoms with Crippen LogP contribution in [0.3, 0.4) is 0 Å². The number of carbonyl (C=O) groups excluding carboxylic acids is 2. The second-order valence-corrected chi connectivity index (χ2v) is 2.57. The maximum absolute atomic E-state index is 10.9. The molecule has 0 N–H and O–H groups in total. The minimum absolute atomic E-state index is 0.190. The molecule has 1 fully saturated rings. The largest absolute Gasteiger partial charge is 0.377 e. The first kappa shape index (κ1) is 8.93. The first-order valence-electron chi connectivity index (χ1n) is 3.71. The van der Waals surface area contributed by atoms with E-state index in [1.165, 1.54) is 0 Å². The van der Waals surface area contributed by atoms with E-state index >= 15 is 0 Å². The van der Waals surface area contributed by atoms with E-state index in [-0.39, 0.29) is 30.8 Å². The van der Waals surface area contributed by atoms with Crippen molar-refractivity contribution < 1.29 is 14.3 Å². The van der Waals surface area contributed by atoms with Gasteiger partial charge >= 0.3 is 0 Å². The molecule has 1 radical (unpaired) electrons. The molecule has 65 valence electrons. The Morgan fingerprint density at radius 1 is 1.67 bits per heavy atom. The zero-order chi connectivity index (χ0) is 8.97. The summed E-state index contributed by atoms with van der Waals surface area (Å²) in [4.78, 5) is 21.5. The van der Waals surface area contributed by atoms with Crippen molar-refractivity contribution in [2.45, 2.75) is 6.42 Å². The fourth-order valence-corrected chi connectivity index (χ4v) is 0.982. The molecule has 0 bridgehead atoms. The minimum Gasteiger partial charge on any atom is -0.377 e. The smallest absolute Gasteiger partial charge is 0.254 e. The van der Waals surface area contributed by atoms with E-state index in [4.69, 9.17) is 4.74 Å². The molecule has 0 spiro atoms. The zero-order valence-electron chi connectivity index (χ0n) is 6.66. The van der Waals surface area contributed by atoms with Crippen molar-refractivity contribution in [1.29, 1.82) is 0 Å². The summed E-state index contributed by atoms with van der Waals surface area (Å²) in [6, 6.07) is 0. The van der Waals surface area contributed by atoms with Crippen LogP contribution in [0.2, 0.25) is 0 Å². The Morgan fingerprint density at radius 2 is 2.42 bits per heavy atom. The average Bonchev–Trinajstić information content (AvgIpc) is 2.31. The molecule has 4 nitrogen and oxygen atoms in total. The molecule has 1 unspecified atom stereocenters. The molecule has 1 aliphatic heterocycles. The number of imide groups is 1. The number of amides is 2. The van der Waals surface area contributed by atoms with E-state index in [1.54, 1.807) is 6.08 Å². The zero-order valence-corrected chi connectivity index (χ0v) is 6.66. The summed E-state index contributed by atoms with van der Waals surface area (Å²) in [7, 11) is 0. The van der Waals surface area contributed by atoms with Crippen molar-refractivity contribution in [1.82, 2.24) is 5.32 Å². The van der Waals surface area contributed by atoms with E-state index in [9.17, 15) is 9.59 Å². The van der Waals surface area contributed by atoms with Gasteiger partial charge in [-0.2, -0.15) is 5.32 Å². The van der Waals surface area contributed by atoms with Crippen LogP contribution in [0.25, 0.3) is 0 Å². The third-order valence-electron chi connectivity index (χ3n) is 1.56. The van der Waals surface area contributed by atoms with Crippen LogP contribution in [0.15, 0.2) is 12.7 Å². The van der Waals surface area contributed by atoms with Gasteiger partial charge in [0, 0.05) is 6.42 Å². The lowest BCUT2D eigenvalue weighted by atomic mass is 10.1. The Hall–Kier alpha value is -1.16. The van der Waals surface area contributed by atoms with Crippen LogP contribution in [0.5, 0.6) is 0 Å². The maximum Gasteiger partial charge on any atom is 0.254 e. The highest BCUT2D eigenvalue weighted by Crippen LogP contribution is 2.11. The summed E-state index contributed by atoms with van der Waals surface area (Å²) >= 11 is 0. The molecule has 1 atom stereocenters. The van der Waals surface area contributed by atoms with Crippen LogP contribution in [0.1, 0.15) is 6.42 Å². The van der Waals surface area contributed by atoms with Crippen LogP contribution in [-0.2, 0) is 14.3 Å². The Kier molecular flexibility index (Phi) is 2.99. The van der Waals surface area contributed by atoms with E-state index < -0.39 is 0 Å². The summed E-state index contributed by atoms with van der Waals surface area (Å²) in [5.41, 5.74) is 0. The first-order chi connectivity index (χ1) is 5.74. The van der Waals surface area contributed by atoms with E-state index in [2.05, 4.69) is 11.9 Å². The highest BCUT2D eigenvalue weighted by atomic mass is 16.5. The normalized spacial score (nSPS) is 22.5. The molecule has 0 aromatic rings. The number of hydrogen-bond acceptors (Lipinski definition) is 3. The number of ether oxygens (including phenoxy) is 1. The summed E-state index contributed by atoms with van der Waals surface area (Å²) in [6.07, 6.45) is 1.79. The second kappa shape index (κ2) is 4.01. The monoisotopic (exact) mass is 168 g/mol. The molecule has 1 saturated heterocycles. The van der Waals surface area contributed by atoms with Crippen LogP contribution < -0.4 is 5.32 Å². The number of rotatable bonds is 4. The van der Waals surface area contributed by atoms with Crippen molar-refractivity contribution >= 4 is 11.8 Å². The quantitative estimate of drug-likeness (QED) is 0.333. The topological polar surface area (TPSA) is 57.5 Å². The number of carbonyl (C=O) groups is 2. The Morgan fingerprint density at radius 3 is 2.92 bits per heavy atom. The third-order valence-corrected chi connectivity index (χ3v) is 1.56. The third kappa shape index (κ3) is 2.17. The predicted molar refractivity (Wildman–Crippen MR) is 41.3 cm³/mol. The fourth-order valence-electron chi connectivity index (χ4n) is 0.982. The highest BCUT2D eigenvalue weighted by molar-refractivity contribution is 6.03. The molecular weight excluding hydrogens is 158 g/mol. The molecule has 12 heavy (non-hydrogen) atoms. The van der Waals surface area contributed by atoms with Gasteiger partial charge in [0.2, 0.25) is 5.91 Å². The summed E-state index contributed by atoms with van der Waals surface area (Å²) in [5.74, 6) is -1.06. The molecule has 1 aliphatic rings. The van der Waals surface area contributed by atoms with Crippen molar-refractivity contribution in [2.24, 2.45) is 5.92 Å². The van der Waals surface area contributed by atoms with Gasteiger partial charge in [-0.05, 0) is 0 Å². The SMILES string of the molecule is C=CCOCC1CC(=O)[N]C1=O. The standard InChI is InChI=1S/C8H10NO3/c1-2-3-12-5-6-4-7(10)9-8(6)11/h2,6H,1,3-5H2. The second-order valence-electron chi connectivity index (χ2n) is 2.57. The predicted octanol–water partition coefficient (Wildman–Crippen LogP) is -0.134. The average molecular weight is 168 g/mol. The van der Waals surface area contributed by atoms with Crippen molar-refractivity contribution in [3.8, 4) is 0 Å². The van der Waals surface area contributed by atoms with Gasteiger partial charge < -0.3 is 4.74 Å². The molecular formula is C8H10NO3. The molecule has 0 aliphatic carbocycles. The molecule has 0 saturated carbocycles. The van der Waals surface area contributed by atoms with Gasteiger partial charge in [0.25, 0.3) is 5.91 Å². The summed E-state index contributed by atoms with van der Waals surface area (Å²) in [6.45, 7) is 4.12. The molecule has 2 amide bonds. The highest BCUT2D eigenvalue weighted by Gasteiger charge is 2.32. The van der Waals surface area contributed by atoms with Crippen LogP contribution in [0, 0.1) is 5.92 Å². The summed E-state index contributed by atoms with van der Waals surface area (Å²) in [5, 5.41) is 3.27. The first-order valence-corrected chi connectivity index (χ1v) is 3.71. The van der Waals surface area contributed by atoms with E-state index in [0.717, 1.165) is 0 Å². The van der Waals surface area contributed by atoms with Crippen LogP contribution in [-0.4, -0.2) is 25.0 Å². The van der Waals surface area contributed by atoms with Crippen LogP contribution in [0.4, 0.5) is 0 Å². The van der Waals surface area contributed by atoms with Gasteiger partial charge in [0.05, 0.1) is 19.1 Å². The molecule has 4 heteroatoms. The molecule has 1 heterocycles. The number of hydrogen-bond donors (Lipinski definition) is 0. The van der Waals surface area contributed by atoms with Crippen molar-refractivity contribution in [2.75, 3.05) is 13.2 Å². The lowest BCUT2D eigenvalue weighted by Gasteiger charge is -2.03. The Balaban J connectivity index is 2.28. The van der Waals surface area contributed by atoms with E-state index in [1.807, 2.05) is 0 Å². The Bertz CT molecular complexity index is 212. The Labute approximate surface area is 70.6 Å².